The molecule has 138 valence electrons. The molecule has 2 fully saturated rings. The molecule has 1 saturated carbocycles. The number of hydrogen-bond acceptors (Lipinski definition) is 6. The van der Waals surface area contributed by atoms with Crippen molar-refractivity contribution in [3.8, 4) is 5.75 Å². The van der Waals surface area contributed by atoms with Gasteiger partial charge in [-0.1, -0.05) is 0 Å². The topological polar surface area (TPSA) is 90.6 Å². The zero-order valence-corrected chi connectivity index (χ0v) is 14.8. The van der Waals surface area contributed by atoms with Crippen molar-refractivity contribution in [2.75, 3.05) is 31.2 Å². The van der Waals surface area contributed by atoms with Gasteiger partial charge in [0.1, 0.15) is 11.3 Å². The maximum atomic E-state index is 11.4. The number of nitrogens with two attached hydrogens (primary N) is 1. The molecule has 2 aromatic rings. The molecule has 7 nitrogen and oxygen atoms in total. The normalized spacial score (nSPS) is 23.8. The molecule has 0 bridgehead atoms. The molecule has 1 aromatic heterocycles. The van der Waals surface area contributed by atoms with Crippen LogP contribution in [0.3, 0.4) is 0 Å². The lowest BCUT2D eigenvalue weighted by Crippen LogP contribution is -2.36. The lowest BCUT2D eigenvalue weighted by atomic mass is 9.87. The number of amides is 1. The van der Waals surface area contributed by atoms with Crippen molar-refractivity contribution >= 4 is 22.6 Å². The Hall–Kier alpha value is -2.41. The number of benzene rings is 1. The van der Waals surface area contributed by atoms with Gasteiger partial charge in [-0.15, -0.1) is 0 Å². The van der Waals surface area contributed by atoms with E-state index in [2.05, 4.69) is 27.0 Å². The van der Waals surface area contributed by atoms with Gasteiger partial charge >= 0.3 is 0 Å². The predicted octanol–water partition coefficient (Wildman–Crippen LogP) is 1.89. The summed E-state index contributed by atoms with van der Waals surface area (Å²) < 4.78 is 11.8. The molecule has 2 N–H and O–H groups in total. The molecule has 1 aliphatic carbocycles. The number of hydrogen-bond donors (Lipinski definition) is 1. The zero-order valence-electron chi connectivity index (χ0n) is 14.8. The molecule has 4 rings (SSSR count). The van der Waals surface area contributed by atoms with Crippen LogP contribution in [-0.4, -0.2) is 48.3 Å². The van der Waals surface area contributed by atoms with E-state index >= 15 is 0 Å². The van der Waals surface area contributed by atoms with Crippen LogP contribution in [0.25, 0.3) is 11.0 Å². The summed E-state index contributed by atoms with van der Waals surface area (Å²) in [6, 6.07) is 4.12. The predicted molar refractivity (Wildman–Crippen MR) is 98.1 cm³/mol. The van der Waals surface area contributed by atoms with Crippen LogP contribution in [0.2, 0.25) is 0 Å². The molecule has 1 aromatic carbocycles. The van der Waals surface area contributed by atoms with Crippen LogP contribution in [0.5, 0.6) is 5.75 Å². The van der Waals surface area contributed by atoms with E-state index in [9.17, 15) is 4.79 Å². The molecule has 1 amide bonds. The van der Waals surface area contributed by atoms with Crippen molar-refractivity contribution in [2.24, 2.45) is 11.7 Å². The number of fused-ring (bicyclic) bond motifs is 1. The first-order valence-electron chi connectivity index (χ1n) is 9.24. The number of carbonyl (C=O) groups excluding carboxylic acids is 1. The van der Waals surface area contributed by atoms with Gasteiger partial charge in [-0.05, 0) is 31.7 Å². The second-order valence-corrected chi connectivity index (χ2v) is 6.96. The third-order valence-electron chi connectivity index (χ3n) is 5.27. The molecular formula is C19H24N4O3. The third kappa shape index (κ3) is 3.58. The number of anilines is 1. The molecule has 0 spiro atoms. The lowest BCUT2D eigenvalue weighted by Gasteiger charge is -2.30. The number of ether oxygens (including phenoxy) is 2. The number of nitrogens with zero attached hydrogens (tertiary/aromatic N) is 3. The maximum absolute atomic E-state index is 11.4. The van der Waals surface area contributed by atoms with Gasteiger partial charge in [0.25, 0.3) is 0 Å². The summed E-state index contributed by atoms with van der Waals surface area (Å²) in [6.45, 7) is 3.17. The zero-order chi connectivity index (χ0) is 17.9. The Kier molecular flexibility index (Phi) is 4.88. The van der Waals surface area contributed by atoms with Crippen LogP contribution in [-0.2, 0) is 9.53 Å². The number of carbonyl (C=O) groups is 1. The summed E-state index contributed by atoms with van der Waals surface area (Å²) >= 11 is 0. The van der Waals surface area contributed by atoms with E-state index in [0.717, 1.165) is 74.5 Å². The monoisotopic (exact) mass is 356 g/mol. The first-order valence-corrected chi connectivity index (χ1v) is 9.24. The summed E-state index contributed by atoms with van der Waals surface area (Å²) in [5.41, 5.74) is 8.12. The fraction of sp³-hybridized carbons (Fsp3) is 0.526. The number of morpholine rings is 1. The van der Waals surface area contributed by atoms with E-state index in [1.54, 1.807) is 12.4 Å². The second kappa shape index (κ2) is 7.45. The molecule has 0 radical (unpaired) electrons. The summed E-state index contributed by atoms with van der Waals surface area (Å²) in [4.78, 5) is 22.6. The Labute approximate surface area is 152 Å². The SMILES string of the molecule is NC(=O)[C@H]1CC[C@@H](Oc2cc(N3CCOCC3)cc3nccnc23)CC1. The van der Waals surface area contributed by atoms with Crippen molar-refractivity contribution in [2.45, 2.75) is 31.8 Å². The van der Waals surface area contributed by atoms with Crippen LogP contribution in [0.4, 0.5) is 5.69 Å². The van der Waals surface area contributed by atoms with Gasteiger partial charge in [-0.2, -0.15) is 0 Å². The van der Waals surface area contributed by atoms with Gasteiger partial charge in [0.2, 0.25) is 5.91 Å². The van der Waals surface area contributed by atoms with Crippen LogP contribution in [0, 0.1) is 5.92 Å². The van der Waals surface area contributed by atoms with Gasteiger partial charge in [0, 0.05) is 43.2 Å². The van der Waals surface area contributed by atoms with Gasteiger partial charge in [-0.25, -0.2) is 4.98 Å². The Morgan fingerprint density at radius 2 is 1.85 bits per heavy atom. The molecule has 1 saturated heterocycles. The van der Waals surface area contributed by atoms with E-state index < -0.39 is 0 Å². The lowest BCUT2D eigenvalue weighted by molar-refractivity contribution is -0.123. The minimum absolute atomic E-state index is 0.0222. The average Bonchev–Trinajstić information content (AvgIpc) is 2.69. The number of primary amides is 1. The highest BCUT2D eigenvalue weighted by Gasteiger charge is 2.26. The third-order valence-corrected chi connectivity index (χ3v) is 5.27. The van der Waals surface area contributed by atoms with Gasteiger partial charge in [-0.3, -0.25) is 9.78 Å². The van der Waals surface area contributed by atoms with Crippen LogP contribution < -0.4 is 15.4 Å². The van der Waals surface area contributed by atoms with Crippen molar-refractivity contribution < 1.29 is 14.3 Å². The highest BCUT2D eigenvalue weighted by molar-refractivity contribution is 5.85. The maximum Gasteiger partial charge on any atom is 0.220 e. The van der Waals surface area contributed by atoms with Crippen molar-refractivity contribution in [3.63, 3.8) is 0 Å². The Morgan fingerprint density at radius 1 is 1.12 bits per heavy atom. The van der Waals surface area contributed by atoms with Crippen LogP contribution in [0.1, 0.15) is 25.7 Å². The first-order chi connectivity index (χ1) is 12.7. The van der Waals surface area contributed by atoms with Crippen molar-refractivity contribution in [3.05, 3.63) is 24.5 Å². The largest absolute Gasteiger partial charge is 0.488 e. The highest BCUT2D eigenvalue weighted by atomic mass is 16.5. The highest BCUT2D eigenvalue weighted by Crippen LogP contribution is 2.33. The standard InChI is InChI=1S/C19H24N4O3/c20-19(24)13-1-3-15(4-2-13)26-17-12-14(23-7-9-25-10-8-23)11-16-18(17)22-6-5-21-16/h5-6,11-13,15H,1-4,7-10H2,(H2,20,24)/t13-,15+. The number of aromatic nitrogens is 2. The molecule has 0 atom stereocenters. The Balaban J connectivity index is 1.58. The number of rotatable bonds is 4. The smallest absolute Gasteiger partial charge is 0.220 e. The van der Waals surface area contributed by atoms with Crippen molar-refractivity contribution in [1.82, 2.24) is 9.97 Å². The van der Waals surface area contributed by atoms with Crippen LogP contribution in [0.15, 0.2) is 24.5 Å². The van der Waals surface area contributed by atoms with E-state index in [-0.39, 0.29) is 17.9 Å². The van der Waals surface area contributed by atoms with E-state index in [1.165, 1.54) is 0 Å². The van der Waals surface area contributed by atoms with Gasteiger partial charge < -0.3 is 20.1 Å². The summed E-state index contributed by atoms with van der Waals surface area (Å²) in [6.07, 6.45) is 6.70. The molecule has 26 heavy (non-hydrogen) atoms. The Bertz CT molecular complexity index is 783. The van der Waals surface area contributed by atoms with Gasteiger partial charge in [0.05, 0.1) is 24.8 Å². The van der Waals surface area contributed by atoms with Crippen molar-refractivity contribution in [1.29, 1.82) is 0 Å². The fourth-order valence-corrected chi connectivity index (χ4v) is 3.77. The minimum Gasteiger partial charge on any atom is -0.488 e. The summed E-state index contributed by atoms with van der Waals surface area (Å²) in [7, 11) is 0. The van der Waals surface area contributed by atoms with E-state index in [0.29, 0.717) is 0 Å². The molecule has 2 aliphatic rings. The Morgan fingerprint density at radius 3 is 2.58 bits per heavy atom. The molecule has 0 unspecified atom stereocenters. The van der Waals surface area contributed by atoms with E-state index in [4.69, 9.17) is 15.2 Å². The first kappa shape index (κ1) is 17.0. The van der Waals surface area contributed by atoms with Crippen LogP contribution >= 0.6 is 0 Å². The fourth-order valence-electron chi connectivity index (χ4n) is 3.77. The molecular weight excluding hydrogens is 332 g/mol. The van der Waals surface area contributed by atoms with Gasteiger partial charge in [0.15, 0.2) is 0 Å². The molecule has 1 aliphatic heterocycles. The molecule has 7 heteroatoms. The summed E-state index contributed by atoms with van der Waals surface area (Å²) in [5, 5.41) is 0. The quantitative estimate of drug-likeness (QED) is 0.900. The summed E-state index contributed by atoms with van der Waals surface area (Å²) in [5.74, 6) is 0.541. The second-order valence-electron chi connectivity index (χ2n) is 6.96. The minimum atomic E-state index is -0.200. The average molecular weight is 356 g/mol. The molecule has 2 heterocycles. The van der Waals surface area contributed by atoms with E-state index in [1.807, 2.05) is 0 Å².